The molecule has 0 bridgehead atoms. The van der Waals surface area contributed by atoms with Gasteiger partial charge in [0.2, 0.25) is 5.91 Å². The first kappa shape index (κ1) is 15.2. The fraction of sp³-hybridized carbons (Fsp3) is 0.353. The number of hydrogen-bond donors (Lipinski definition) is 2. The molecule has 1 saturated heterocycles. The maximum atomic E-state index is 11.6. The quantitative estimate of drug-likeness (QED) is 0.877. The fourth-order valence-corrected chi connectivity index (χ4v) is 2.41. The van der Waals surface area contributed by atoms with Gasteiger partial charge < -0.3 is 15.8 Å². The molecule has 1 unspecified atom stereocenters. The molecule has 2 N–H and O–H groups in total. The van der Waals surface area contributed by atoms with Crippen LogP contribution in [0.2, 0.25) is 0 Å². The molecule has 0 aromatic heterocycles. The van der Waals surface area contributed by atoms with Crippen molar-refractivity contribution in [3.63, 3.8) is 0 Å². The van der Waals surface area contributed by atoms with Gasteiger partial charge in [-0.2, -0.15) is 0 Å². The van der Waals surface area contributed by atoms with E-state index in [0.717, 1.165) is 19.4 Å². The number of carbonyl (C=O) groups is 1. The number of rotatable bonds is 2. The van der Waals surface area contributed by atoms with Crippen molar-refractivity contribution in [3.05, 3.63) is 59.9 Å². The Kier molecular flexibility index (Phi) is 5.43. The van der Waals surface area contributed by atoms with Crippen LogP contribution in [0.3, 0.4) is 0 Å². The number of aryl methyl sites for hydroxylation is 1. The largest absolute Gasteiger partial charge is 0.345 e. The number of benzene rings is 1. The van der Waals surface area contributed by atoms with Gasteiger partial charge in [0.1, 0.15) is 0 Å². The Balaban J connectivity index is 0.000000194. The van der Waals surface area contributed by atoms with Crippen LogP contribution in [0.4, 0.5) is 0 Å². The third-order valence-corrected chi connectivity index (χ3v) is 3.68. The van der Waals surface area contributed by atoms with Crippen LogP contribution in [0.1, 0.15) is 18.4 Å². The van der Waals surface area contributed by atoms with E-state index in [1.807, 2.05) is 48.6 Å². The van der Waals surface area contributed by atoms with E-state index >= 15 is 0 Å². The number of likely N-dealkylation sites (tertiary alicyclic amines) is 1. The lowest BCUT2D eigenvalue weighted by Gasteiger charge is -2.13. The second kappa shape index (κ2) is 7.53. The molecule has 4 heteroatoms. The molecular formula is C17H23N3O. The summed E-state index contributed by atoms with van der Waals surface area (Å²) in [6.07, 6.45) is 7.58. The van der Waals surface area contributed by atoms with Crippen molar-refractivity contribution in [2.75, 3.05) is 13.6 Å². The summed E-state index contributed by atoms with van der Waals surface area (Å²) in [5.74, 6) is 0.452. The molecule has 0 saturated carbocycles. The minimum Gasteiger partial charge on any atom is -0.345 e. The maximum absolute atomic E-state index is 11.6. The van der Waals surface area contributed by atoms with Gasteiger partial charge in [-0.25, -0.2) is 0 Å². The minimum atomic E-state index is 0.177. The molecule has 4 nitrogen and oxygen atoms in total. The highest BCUT2D eigenvalue weighted by Crippen LogP contribution is 2.24. The van der Waals surface area contributed by atoms with Crippen LogP contribution in [0.25, 0.3) is 0 Å². The first-order chi connectivity index (χ1) is 10.2. The van der Waals surface area contributed by atoms with E-state index in [9.17, 15) is 4.79 Å². The molecule has 0 spiro atoms. The summed E-state index contributed by atoms with van der Waals surface area (Å²) in [6, 6.07) is 10.3. The number of nitrogens with one attached hydrogen (secondary N) is 2. The third-order valence-electron chi connectivity index (χ3n) is 3.68. The Morgan fingerprint density at radius 2 is 2.00 bits per heavy atom. The molecule has 3 rings (SSSR count). The summed E-state index contributed by atoms with van der Waals surface area (Å²) in [5, 5.41) is 0. The molecule has 2 heterocycles. The second-order valence-electron chi connectivity index (χ2n) is 5.45. The van der Waals surface area contributed by atoms with E-state index in [2.05, 4.69) is 29.9 Å². The zero-order valence-electron chi connectivity index (χ0n) is 12.7. The molecule has 2 aliphatic heterocycles. The van der Waals surface area contributed by atoms with Gasteiger partial charge in [0.05, 0.1) is 0 Å². The van der Waals surface area contributed by atoms with Gasteiger partial charge >= 0.3 is 0 Å². The Labute approximate surface area is 126 Å². The summed E-state index contributed by atoms with van der Waals surface area (Å²) in [7, 11) is 1.87. The van der Waals surface area contributed by atoms with Gasteiger partial charge in [-0.05, 0) is 31.4 Å². The average Bonchev–Trinajstić information content (AvgIpc) is 2.82. The molecule has 112 valence electrons. The van der Waals surface area contributed by atoms with Gasteiger partial charge in [-0.1, -0.05) is 35.9 Å². The molecule has 1 aromatic carbocycles. The van der Waals surface area contributed by atoms with Gasteiger partial charge in [-0.3, -0.25) is 4.79 Å². The van der Waals surface area contributed by atoms with Gasteiger partial charge in [0.25, 0.3) is 0 Å². The monoisotopic (exact) mass is 285 g/mol. The number of nitrogens with zero attached hydrogens (tertiary/aromatic N) is 1. The Morgan fingerprint density at radius 1 is 1.24 bits per heavy atom. The van der Waals surface area contributed by atoms with Gasteiger partial charge in [0.15, 0.2) is 0 Å². The minimum absolute atomic E-state index is 0.177. The highest BCUT2D eigenvalue weighted by molar-refractivity contribution is 5.80. The molecule has 1 amide bonds. The lowest BCUT2D eigenvalue weighted by atomic mass is 9.98. The summed E-state index contributed by atoms with van der Waals surface area (Å²) in [6.45, 7) is 2.98. The fourth-order valence-electron chi connectivity index (χ4n) is 2.41. The van der Waals surface area contributed by atoms with E-state index in [1.165, 1.54) is 11.1 Å². The topological polar surface area (TPSA) is 44.4 Å². The highest BCUT2D eigenvalue weighted by Gasteiger charge is 2.29. The maximum Gasteiger partial charge on any atom is 0.225 e. The van der Waals surface area contributed by atoms with Crippen LogP contribution in [-0.2, 0) is 4.79 Å². The molecular weight excluding hydrogens is 262 g/mol. The van der Waals surface area contributed by atoms with Crippen molar-refractivity contribution in [3.8, 4) is 0 Å². The molecule has 0 radical (unpaired) electrons. The number of hydrogen-bond acceptors (Lipinski definition) is 3. The van der Waals surface area contributed by atoms with Crippen LogP contribution >= 0.6 is 0 Å². The zero-order chi connectivity index (χ0) is 15.1. The van der Waals surface area contributed by atoms with Crippen LogP contribution in [0, 0.1) is 12.8 Å². The number of carbonyl (C=O) groups excluding carboxylic acids is 1. The summed E-state index contributed by atoms with van der Waals surface area (Å²) in [5.41, 5.74) is 8.27. The molecule has 0 aliphatic carbocycles. The van der Waals surface area contributed by atoms with Gasteiger partial charge in [0, 0.05) is 31.9 Å². The number of allylic oxidation sites excluding steroid dienone is 2. The van der Waals surface area contributed by atoms with E-state index in [4.69, 9.17) is 0 Å². The standard InChI is InChI=1S/C10H15N3O.C7H8/c1-13-5-3-9(10(13)14)6-8-2-4-11-12-7-8;1-7-5-3-2-4-6-7/h2,4,7,9,11-12H,3,5-6H2,1H3;2-6H,1H3. The Morgan fingerprint density at radius 3 is 2.48 bits per heavy atom. The Bertz CT molecular complexity index is 522. The first-order valence-electron chi connectivity index (χ1n) is 7.30. The zero-order valence-corrected chi connectivity index (χ0v) is 12.7. The predicted molar refractivity (Wildman–Crippen MR) is 85.0 cm³/mol. The summed E-state index contributed by atoms with van der Waals surface area (Å²) in [4.78, 5) is 13.4. The second-order valence-corrected chi connectivity index (χ2v) is 5.45. The number of amides is 1. The van der Waals surface area contributed by atoms with E-state index < -0.39 is 0 Å². The highest BCUT2D eigenvalue weighted by atomic mass is 16.2. The van der Waals surface area contributed by atoms with Crippen molar-refractivity contribution < 1.29 is 4.79 Å². The Hall–Kier alpha value is -2.23. The molecule has 21 heavy (non-hydrogen) atoms. The van der Waals surface area contributed by atoms with Crippen LogP contribution in [0.15, 0.2) is 54.4 Å². The molecule has 1 atom stereocenters. The first-order valence-corrected chi connectivity index (χ1v) is 7.30. The smallest absolute Gasteiger partial charge is 0.225 e. The SMILES string of the molecule is CN1CCC(CC2=CNNC=C2)C1=O.Cc1ccccc1. The molecule has 1 fully saturated rings. The van der Waals surface area contributed by atoms with Crippen molar-refractivity contribution in [2.24, 2.45) is 5.92 Å². The number of hydrazine groups is 1. The van der Waals surface area contributed by atoms with Crippen LogP contribution in [0.5, 0.6) is 0 Å². The van der Waals surface area contributed by atoms with Crippen molar-refractivity contribution in [2.45, 2.75) is 19.8 Å². The predicted octanol–water partition coefficient (Wildman–Crippen LogP) is 2.36. The lowest BCUT2D eigenvalue weighted by Crippen LogP contribution is -2.25. The molecule has 2 aliphatic rings. The van der Waals surface area contributed by atoms with Crippen LogP contribution in [-0.4, -0.2) is 24.4 Å². The summed E-state index contributed by atoms with van der Waals surface area (Å²) >= 11 is 0. The summed E-state index contributed by atoms with van der Waals surface area (Å²) < 4.78 is 0. The van der Waals surface area contributed by atoms with E-state index in [1.54, 1.807) is 0 Å². The van der Waals surface area contributed by atoms with E-state index in [0.29, 0.717) is 0 Å². The van der Waals surface area contributed by atoms with Crippen LogP contribution < -0.4 is 10.9 Å². The van der Waals surface area contributed by atoms with Gasteiger partial charge in [-0.15, -0.1) is 0 Å². The normalized spacial score (nSPS) is 20.1. The third kappa shape index (κ3) is 4.67. The van der Waals surface area contributed by atoms with E-state index in [-0.39, 0.29) is 11.8 Å². The van der Waals surface area contributed by atoms with Crippen molar-refractivity contribution in [1.29, 1.82) is 0 Å². The van der Waals surface area contributed by atoms with Crippen molar-refractivity contribution in [1.82, 2.24) is 15.8 Å². The lowest BCUT2D eigenvalue weighted by molar-refractivity contribution is -0.129. The molecule has 1 aromatic rings. The van der Waals surface area contributed by atoms with Crippen molar-refractivity contribution >= 4 is 5.91 Å². The average molecular weight is 285 g/mol.